The van der Waals surface area contributed by atoms with Crippen LogP contribution in [0.3, 0.4) is 0 Å². The van der Waals surface area contributed by atoms with Crippen LogP contribution in [0.2, 0.25) is 0 Å². The van der Waals surface area contributed by atoms with Crippen molar-refractivity contribution in [3.63, 3.8) is 0 Å². The van der Waals surface area contributed by atoms with Crippen molar-refractivity contribution in [1.29, 1.82) is 0 Å². The normalized spacial score (nSPS) is 10.9. The van der Waals surface area contributed by atoms with E-state index in [0.29, 0.717) is 16.8 Å². The van der Waals surface area contributed by atoms with Gasteiger partial charge in [-0.1, -0.05) is 38.1 Å². The van der Waals surface area contributed by atoms with Gasteiger partial charge in [0, 0.05) is 36.4 Å². The number of aromatic nitrogens is 1. The van der Waals surface area contributed by atoms with Crippen LogP contribution in [-0.4, -0.2) is 35.8 Å². The van der Waals surface area contributed by atoms with Gasteiger partial charge in [-0.15, -0.1) is 0 Å². The van der Waals surface area contributed by atoms with Crippen LogP contribution >= 0.6 is 0 Å². The molecule has 27 heavy (non-hydrogen) atoms. The van der Waals surface area contributed by atoms with Crippen LogP contribution in [0.1, 0.15) is 46.2 Å². The van der Waals surface area contributed by atoms with Gasteiger partial charge in [-0.25, -0.2) is 0 Å². The van der Waals surface area contributed by atoms with Gasteiger partial charge < -0.3 is 10.2 Å². The Morgan fingerprint density at radius 2 is 1.74 bits per heavy atom. The van der Waals surface area contributed by atoms with E-state index in [1.54, 1.807) is 38.4 Å². The first kappa shape index (κ1) is 18.6. The third-order valence-electron chi connectivity index (χ3n) is 4.35. The van der Waals surface area contributed by atoms with E-state index in [4.69, 9.17) is 0 Å². The van der Waals surface area contributed by atoms with Crippen LogP contribution in [-0.2, 0) is 0 Å². The molecule has 0 bridgehead atoms. The monoisotopic (exact) mass is 361 g/mol. The lowest BCUT2D eigenvalue weighted by Gasteiger charge is -2.13. The van der Waals surface area contributed by atoms with Crippen molar-refractivity contribution in [3.8, 4) is 0 Å². The molecule has 2 amide bonds. The van der Waals surface area contributed by atoms with Crippen LogP contribution in [0.15, 0.2) is 54.6 Å². The molecule has 5 heteroatoms. The molecule has 0 unspecified atom stereocenters. The maximum atomic E-state index is 13.0. The third kappa shape index (κ3) is 3.97. The van der Waals surface area contributed by atoms with E-state index in [2.05, 4.69) is 24.1 Å². The fourth-order valence-corrected chi connectivity index (χ4v) is 2.87. The molecule has 2 aromatic carbocycles. The minimum Gasteiger partial charge on any atom is -0.345 e. The van der Waals surface area contributed by atoms with Crippen LogP contribution < -0.4 is 5.32 Å². The highest BCUT2D eigenvalue weighted by Crippen LogP contribution is 2.23. The molecule has 0 fully saturated rings. The van der Waals surface area contributed by atoms with Gasteiger partial charge in [0.05, 0.1) is 11.1 Å². The summed E-state index contributed by atoms with van der Waals surface area (Å²) < 4.78 is 0. The van der Waals surface area contributed by atoms with Crippen LogP contribution in [0.4, 0.5) is 5.69 Å². The summed E-state index contributed by atoms with van der Waals surface area (Å²) in [5.41, 5.74) is 3.36. The maximum Gasteiger partial charge on any atom is 0.256 e. The lowest BCUT2D eigenvalue weighted by molar-refractivity contribution is 0.0827. The molecule has 0 radical (unpaired) electrons. The predicted octanol–water partition coefficient (Wildman–Crippen LogP) is 4.31. The summed E-state index contributed by atoms with van der Waals surface area (Å²) in [6, 6.07) is 16.4. The lowest BCUT2D eigenvalue weighted by Crippen LogP contribution is -2.22. The SMILES string of the molecule is CC(C)c1cc(C(=O)Nc2cccc(C(=O)N(C)C)c2)c2ccccc2n1. The number of nitrogens with one attached hydrogen (secondary N) is 1. The van der Waals surface area contributed by atoms with Crippen LogP contribution in [0, 0.1) is 0 Å². The quantitative estimate of drug-likeness (QED) is 0.753. The third-order valence-corrected chi connectivity index (χ3v) is 4.35. The lowest BCUT2D eigenvalue weighted by atomic mass is 10.0. The van der Waals surface area contributed by atoms with Crippen molar-refractivity contribution in [2.45, 2.75) is 19.8 Å². The zero-order valence-corrected chi connectivity index (χ0v) is 16.0. The zero-order valence-electron chi connectivity index (χ0n) is 16.0. The maximum absolute atomic E-state index is 13.0. The number of rotatable bonds is 4. The molecule has 0 spiro atoms. The van der Waals surface area contributed by atoms with Crippen molar-refractivity contribution >= 4 is 28.4 Å². The molecule has 0 aliphatic rings. The smallest absolute Gasteiger partial charge is 0.256 e. The number of benzene rings is 2. The van der Waals surface area contributed by atoms with Gasteiger partial charge >= 0.3 is 0 Å². The Morgan fingerprint density at radius 3 is 2.44 bits per heavy atom. The first-order valence-corrected chi connectivity index (χ1v) is 8.89. The zero-order chi connectivity index (χ0) is 19.6. The van der Waals surface area contributed by atoms with Crippen molar-refractivity contribution in [3.05, 3.63) is 71.4 Å². The minimum absolute atomic E-state index is 0.109. The van der Waals surface area contributed by atoms with Gasteiger partial charge in [-0.05, 0) is 36.2 Å². The van der Waals surface area contributed by atoms with E-state index in [0.717, 1.165) is 16.6 Å². The number of carbonyl (C=O) groups is 2. The summed E-state index contributed by atoms with van der Waals surface area (Å²) in [6.07, 6.45) is 0. The number of hydrogen-bond acceptors (Lipinski definition) is 3. The van der Waals surface area contributed by atoms with Gasteiger partial charge in [0.15, 0.2) is 0 Å². The Bertz CT molecular complexity index is 1010. The average Bonchev–Trinajstić information content (AvgIpc) is 2.66. The molecule has 3 aromatic rings. The highest BCUT2D eigenvalue weighted by Gasteiger charge is 2.15. The van der Waals surface area contributed by atoms with E-state index >= 15 is 0 Å². The number of fused-ring (bicyclic) bond motifs is 1. The summed E-state index contributed by atoms with van der Waals surface area (Å²) >= 11 is 0. The topological polar surface area (TPSA) is 62.3 Å². The van der Waals surface area contributed by atoms with Gasteiger partial charge in [0.2, 0.25) is 0 Å². The summed E-state index contributed by atoms with van der Waals surface area (Å²) in [5, 5.41) is 3.72. The van der Waals surface area contributed by atoms with Gasteiger partial charge in [-0.3, -0.25) is 14.6 Å². The Kier molecular flexibility index (Phi) is 5.21. The second-order valence-electron chi connectivity index (χ2n) is 7.00. The summed E-state index contributed by atoms with van der Waals surface area (Å²) in [5.74, 6) is -0.116. The molecule has 1 N–H and O–H groups in total. The number of anilines is 1. The minimum atomic E-state index is -0.218. The molecule has 0 saturated heterocycles. The average molecular weight is 361 g/mol. The van der Waals surface area contributed by atoms with Crippen molar-refractivity contribution < 1.29 is 9.59 Å². The number of pyridine rings is 1. The van der Waals surface area contributed by atoms with Gasteiger partial charge in [0.25, 0.3) is 11.8 Å². The van der Waals surface area contributed by atoms with E-state index in [-0.39, 0.29) is 17.7 Å². The summed E-state index contributed by atoms with van der Waals surface area (Å²) in [6.45, 7) is 4.10. The van der Waals surface area contributed by atoms with E-state index in [1.165, 1.54) is 4.90 Å². The Morgan fingerprint density at radius 1 is 1.00 bits per heavy atom. The number of amides is 2. The van der Waals surface area contributed by atoms with E-state index in [1.807, 2.05) is 30.3 Å². The molecule has 138 valence electrons. The van der Waals surface area contributed by atoms with Crippen LogP contribution in [0.5, 0.6) is 0 Å². The largest absolute Gasteiger partial charge is 0.345 e. The number of nitrogens with zero attached hydrogens (tertiary/aromatic N) is 2. The van der Waals surface area contributed by atoms with E-state index in [9.17, 15) is 9.59 Å². The van der Waals surface area contributed by atoms with Gasteiger partial charge in [-0.2, -0.15) is 0 Å². The first-order chi connectivity index (χ1) is 12.9. The summed E-state index contributed by atoms with van der Waals surface area (Å²) in [4.78, 5) is 31.3. The molecular formula is C22H23N3O2. The summed E-state index contributed by atoms with van der Waals surface area (Å²) in [7, 11) is 3.40. The Balaban J connectivity index is 1.97. The van der Waals surface area contributed by atoms with Crippen molar-refractivity contribution in [1.82, 2.24) is 9.88 Å². The Hall–Kier alpha value is -3.21. The molecule has 3 rings (SSSR count). The molecule has 1 aromatic heterocycles. The molecule has 0 aliphatic heterocycles. The Labute approximate surface area is 159 Å². The second-order valence-corrected chi connectivity index (χ2v) is 7.00. The first-order valence-electron chi connectivity index (χ1n) is 8.89. The highest BCUT2D eigenvalue weighted by molar-refractivity contribution is 6.12. The number of hydrogen-bond donors (Lipinski definition) is 1. The predicted molar refractivity (Wildman–Crippen MR) is 108 cm³/mol. The highest BCUT2D eigenvalue weighted by atomic mass is 16.2. The molecule has 5 nitrogen and oxygen atoms in total. The van der Waals surface area contributed by atoms with Gasteiger partial charge in [0.1, 0.15) is 0 Å². The second kappa shape index (κ2) is 7.58. The van der Waals surface area contributed by atoms with Crippen molar-refractivity contribution in [2.75, 3.05) is 19.4 Å². The van der Waals surface area contributed by atoms with Crippen LogP contribution in [0.25, 0.3) is 10.9 Å². The standard InChI is InChI=1S/C22H23N3O2/c1-14(2)20-13-18(17-10-5-6-11-19(17)24-20)21(26)23-16-9-7-8-15(12-16)22(27)25(3)4/h5-14H,1-4H3,(H,23,26). The number of para-hydroxylation sites is 1. The molecule has 0 saturated carbocycles. The van der Waals surface area contributed by atoms with E-state index < -0.39 is 0 Å². The molecule has 0 atom stereocenters. The fraction of sp³-hybridized carbons (Fsp3) is 0.227. The number of carbonyl (C=O) groups excluding carboxylic acids is 2. The fourth-order valence-electron chi connectivity index (χ4n) is 2.87. The molecule has 0 aliphatic carbocycles. The molecule has 1 heterocycles. The molecular weight excluding hydrogens is 338 g/mol. The van der Waals surface area contributed by atoms with Crippen molar-refractivity contribution in [2.24, 2.45) is 0 Å².